The number of ether oxygens (including phenoxy) is 2. The van der Waals surface area contributed by atoms with Crippen molar-refractivity contribution in [2.45, 2.75) is 26.7 Å². The highest BCUT2D eigenvalue weighted by molar-refractivity contribution is 5.60. The van der Waals surface area contributed by atoms with E-state index in [9.17, 15) is 0 Å². The molecule has 0 aliphatic heterocycles. The zero-order chi connectivity index (χ0) is 14.9. The summed E-state index contributed by atoms with van der Waals surface area (Å²) in [5.74, 6) is 1.82. The van der Waals surface area contributed by atoms with Gasteiger partial charge in [-0.2, -0.15) is 0 Å². The molecule has 3 nitrogen and oxygen atoms in total. The van der Waals surface area contributed by atoms with E-state index >= 15 is 0 Å². The summed E-state index contributed by atoms with van der Waals surface area (Å²) in [7, 11) is 0. The Morgan fingerprint density at radius 2 is 1.05 bits per heavy atom. The topological polar surface area (TPSA) is 30.5 Å². The monoisotopic (exact) mass is 285 g/mol. The van der Waals surface area contributed by atoms with Gasteiger partial charge in [0.25, 0.3) is 0 Å². The van der Waals surface area contributed by atoms with Gasteiger partial charge in [0.15, 0.2) is 0 Å². The molecule has 0 unspecified atom stereocenters. The molecule has 2 rings (SSSR count). The standard InChI is InChI=1S/C18H23NO2/c1-3-13-20-17-9-5-15(6-10-17)19-16-7-11-18(12-8-16)21-14-4-2/h5-12,19H,3-4,13-14H2,1-2H3. The van der Waals surface area contributed by atoms with Crippen LogP contribution in [0, 0.1) is 0 Å². The molecule has 112 valence electrons. The summed E-state index contributed by atoms with van der Waals surface area (Å²) in [4.78, 5) is 0. The first-order valence-electron chi connectivity index (χ1n) is 7.54. The van der Waals surface area contributed by atoms with Crippen molar-refractivity contribution in [3.8, 4) is 11.5 Å². The molecule has 0 saturated carbocycles. The molecular formula is C18H23NO2. The molecule has 0 aromatic heterocycles. The van der Waals surface area contributed by atoms with Crippen LogP contribution >= 0.6 is 0 Å². The Hall–Kier alpha value is -2.16. The fourth-order valence-corrected chi connectivity index (χ4v) is 1.88. The number of hydrogen-bond acceptors (Lipinski definition) is 3. The minimum Gasteiger partial charge on any atom is -0.494 e. The van der Waals surface area contributed by atoms with E-state index in [1.165, 1.54) is 0 Å². The summed E-state index contributed by atoms with van der Waals surface area (Å²) in [5.41, 5.74) is 2.09. The van der Waals surface area contributed by atoms with Gasteiger partial charge in [-0.3, -0.25) is 0 Å². The van der Waals surface area contributed by atoms with Crippen molar-refractivity contribution in [1.29, 1.82) is 0 Å². The van der Waals surface area contributed by atoms with Crippen LogP contribution in [0.2, 0.25) is 0 Å². The van der Waals surface area contributed by atoms with Crippen LogP contribution in [0.3, 0.4) is 0 Å². The van der Waals surface area contributed by atoms with Crippen molar-refractivity contribution < 1.29 is 9.47 Å². The lowest BCUT2D eigenvalue weighted by Gasteiger charge is -2.10. The summed E-state index contributed by atoms with van der Waals surface area (Å²) in [6.45, 7) is 5.71. The van der Waals surface area contributed by atoms with Crippen molar-refractivity contribution >= 4 is 11.4 Å². The SMILES string of the molecule is CCCOc1ccc(Nc2ccc(OCCC)cc2)cc1. The molecule has 0 aliphatic rings. The molecule has 0 spiro atoms. The van der Waals surface area contributed by atoms with E-state index in [2.05, 4.69) is 19.2 Å². The number of rotatable bonds is 8. The molecule has 0 fully saturated rings. The zero-order valence-corrected chi connectivity index (χ0v) is 12.8. The molecule has 3 heteroatoms. The molecule has 0 amide bonds. The maximum Gasteiger partial charge on any atom is 0.119 e. The van der Waals surface area contributed by atoms with Gasteiger partial charge in [-0.05, 0) is 61.4 Å². The number of benzene rings is 2. The predicted molar refractivity (Wildman–Crippen MR) is 87.7 cm³/mol. The second-order valence-corrected chi connectivity index (χ2v) is 4.87. The van der Waals surface area contributed by atoms with Crippen molar-refractivity contribution in [1.82, 2.24) is 0 Å². The highest BCUT2D eigenvalue weighted by Crippen LogP contribution is 2.22. The molecule has 1 N–H and O–H groups in total. The Labute approximate surface area is 126 Å². The second-order valence-electron chi connectivity index (χ2n) is 4.87. The Bertz CT molecular complexity index is 470. The van der Waals surface area contributed by atoms with Crippen LogP contribution in [0.1, 0.15) is 26.7 Å². The molecule has 2 aromatic rings. The second kappa shape index (κ2) is 8.20. The molecule has 0 bridgehead atoms. The lowest BCUT2D eigenvalue weighted by molar-refractivity contribution is 0.317. The van der Waals surface area contributed by atoms with E-state index in [1.54, 1.807) is 0 Å². The van der Waals surface area contributed by atoms with E-state index in [1.807, 2.05) is 48.5 Å². The normalized spacial score (nSPS) is 10.2. The lowest BCUT2D eigenvalue weighted by Crippen LogP contribution is -1.96. The molecule has 0 heterocycles. The minimum atomic E-state index is 0.756. The van der Waals surface area contributed by atoms with Crippen molar-refractivity contribution in [2.24, 2.45) is 0 Å². The molecule has 0 atom stereocenters. The molecule has 21 heavy (non-hydrogen) atoms. The van der Waals surface area contributed by atoms with Gasteiger partial charge in [-0.25, -0.2) is 0 Å². The van der Waals surface area contributed by atoms with Crippen molar-refractivity contribution in [3.05, 3.63) is 48.5 Å². The highest BCUT2D eigenvalue weighted by atomic mass is 16.5. The molecule has 0 radical (unpaired) electrons. The first kappa shape index (κ1) is 15.2. The quantitative estimate of drug-likeness (QED) is 0.739. The van der Waals surface area contributed by atoms with Crippen LogP contribution in [0.25, 0.3) is 0 Å². The summed E-state index contributed by atoms with van der Waals surface area (Å²) < 4.78 is 11.1. The maximum absolute atomic E-state index is 5.57. The van der Waals surface area contributed by atoms with Gasteiger partial charge in [-0.15, -0.1) is 0 Å². The third-order valence-electron chi connectivity index (χ3n) is 2.94. The number of hydrogen-bond donors (Lipinski definition) is 1. The largest absolute Gasteiger partial charge is 0.494 e. The highest BCUT2D eigenvalue weighted by Gasteiger charge is 1.98. The van der Waals surface area contributed by atoms with Crippen molar-refractivity contribution in [2.75, 3.05) is 18.5 Å². The summed E-state index contributed by atoms with van der Waals surface area (Å²) in [6, 6.07) is 16.0. The van der Waals surface area contributed by atoms with Gasteiger partial charge in [0.1, 0.15) is 11.5 Å². The van der Waals surface area contributed by atoms with E-state index in [0.29, 0.717) is 0 Å². The van der Waals surface area contributed by atoms with Crippen LogP contribution in [-0.4, -0.2) is 13.2 Å². The van der Waals surface area contributed by atoms with E-state index in [0.717, 1.165) is 48.9 Å². The molecule has 0 saturated heterocycles. The molecule has 2 aromatic carbocycles. The van der Waals surface area contributed by atoms with E-state index in [4.69, 9.17) is 9.47 Å². The average Bonchev–Trinajstić information content (AvgIpc) is 2.53. The lowest BCUT2D eigenvalue weighted by atomic mass is 10.2. The van der Waals surface area contributed by atoms with Gasteiger partial charge >= 0.3 is 0 Å². The summed E-state index contributed by atoms with van der Waals surface area (Å²) in [5, 5.41) is 3.36. The fraction of sp³-hybridized carbons (Fsp3) is 0.333. The molecule has 0 aliphatic carbocycles. The first-order chi connectivity index (χ1) is 10.3. The van der Waals surface area contributed by atoms with Crippen LogP contribution in [0.15, 0.2) is 48.5 Å². The van der Waals surface area contributed by atoms with E-state index in [-0.39, 0.29) is 0 Å². The molecular weight excluding hydrogens is 262 g/mol. The average molecular weight is 285 g/mol. The van der Waals surface area contributed by atoms with Crippen LogP contribution in [-0.2, 0) is 0 Å². The summed E-state index contributed by atoms with van der Waals surface area (Å²) in [6.07, 6.45) is 2.04. The van der Waals surface area contributed by atoms with Gasteiger partial charge in [0.2, 0.25) is 0 Å². The smallest absolute Gasteiger partial charge is 0.119 e. The Kier molecular flexibility index (Phi) is 5.95. The van der Waals surface area contributed by atoms with Gasteiger partial charge in [-0.1, -0.05) is 13.8 Å². The van der Waals surface area contributed by atoms with E-state index < -0.39 is 0 Å². The Balaban J connectivity index is 1.91. The van der Waals surface area contributed by atoms with Crippen molar-refractivity contribution in [3.63, 3.8) is 0 Å². The van der Waals surface area contributed by atoms with Crippen LogP contribution in [0.5, 0.6) is 11.5 Å². The predicted octanol–water partition coefficient (Wildman–Crippen LogP) is 5.01. The van der Waals surface area contributed by atoms with Gasteiger partial charge in [0.05, 0.1) is 13.2 Å². The number of nitrogens with one attached hydrogen (secondary N) is 1. The zero-order valence-electron chi connectivity index (χ0n) is 12.8. The first-order valence-corrected chi connectivity index (χ1v) is 7.54. The number of anilines is 2. The minimum absolute atomic E-state index is 0.756. The summed E-state index contributed by atoms with van der Waals surface area (Å²) >= 11 is 0. The fourth-order valence-electron chi connectivity index (χ4n) is 1.88. The van der Waals surface area contributed by atoms with Gasteiger partial charge in [0, 0.05) is 11.4 Å². The Morgan fingerprint density at radius 3 is 1.38 bits per heavy atom. The Morgan fingerprint density at radius 1 is 0.667 bits per heavy atom. The maximum atomic E-state index is 5.57. The third kappa shape index (κ3) is 5.03. The van der Waals surface area contributed by atoms with Crippen LogP contribution in [0.4, 0.5) is 11.4 Å². The third-order valence-corrected chi connectivity index (χ3v) is 2.94. The van der Waals surface area contributed by atoms with Crippen LogP contribution < -0.4 is 14.8 Å². The van der Waals surface area contributed by atoms with Gasteiger partial charge < -0.3 is 14.8 Å².